The lowest BCUT2D eigenvalue weighted by Crippen LogP contribution is -2.36. The summed E-state index contributed by atoms with van der Waals surface area (Å²) in [5.74, 6) is 0.444. The van der Waals surface area contributed by atoms with Crippen LogP contribution < -0.4 is 0 Å². The molecule has 0 atom stereocenters. The van der Waals surface area contributed by atoms with Crippen LogP contribution in [0.25, 0.3) is 0 Å². The average molecular weight is 248 g/mol. The van der Waals surface area contributed by atoms with Crippen LogP contribution >= 0.6 is 0 Å². The van der Waals surface area contributed by atoms with E-state index < -0.39 is 0 Å². The van der Waals surface area contributed by atoms with Gasteiger partial charge in [0.2, 0.25) is 0 Å². The molecular formula is C14H20N2O2. The van der Waals surface area contributed by atoms with Crippen molar-refractivity contribution < 1.29 is 9.53 Å². The van der Waals surface area contributed by atoms with Crippen LogP contribution in [0.5, 0.6) is 0 Å². The molecule has 2 rings (SSSR count). The van der Waals surface area contributed by atoms with Crippen molar-refractivity contribution in [2.75, 3.05) is 26.8 Å². The van der Waals surface area contributed by atoms with E-state index in [0.29, 0.717) is 0 Å². The number of likely N-dealkylation sites (tertiary alicyclic amines) is 1. The minimum atomic E-state index is 0.193. The summed E-state index contributed by atoms with van der Waals surface area (Å²) in [4.78, 5) is 18.1. The highest BCUT2D eigenvalue weighted by atomic mass is 16.5. The Morgan fingerprint density at radius 2 is 2.06 bits per heavy atom. The Morgan fingerprint density at radius 3 is 2.67 bits per heavy atom. The molecule has 98 valence electrons. The molecule has 1 aliphatic heterocycles. The van der Waals surface area contributed by atoms with E-state index in [-0.39, 0.29) is 18.3 Å². The standard InChI is InChI=1S/C14H20N2O2/c1-18-11-14(17)13-4-8-16(9-5-13)10-12-2-6-15-7-3-12/h2-3,6-7,13H,4-5,8-11H2,1H3. The Kier molecular flexibility index (Phi) is 4.84. The van der Waals surface area contributed by atoms with E-state index in [1.54, 1.807) is 7.11 Å². The Morgan fingerprint density at radius 1 is 1.39 bits per heavy atom. The van der Waals surface area contributed by atoms with Crippen LogP contribution in [0.4, 0.5) is 0 Å². The zero-order valence-corrected chi connectivity index (χ0v) is 10.8. The summed E-state index contributed by atoms with van der Waals surface area (Å²) in [7, 11) is 1.58. The van der Waals surface area contributed by atoms with E-state index in [1.165, 1.54) is 5.56 Å². The van der Waals surface area contributed by atoms with Gasteiger partial charge in [-0.3, -0.25) is 14.7 Å². The number of hydrogen-bond donors (Lipinski definition) is 0. The van der Waals surface area contributed by atoms with Crippen LogP contribution in [0.2, 0.25) is 0 Å². The van der Waals surface area contributed by atoms with Crippen molar-refractivity contribution in [2.45, 2.75) is 19.4 Å². The van der Waals surface area contributed by atoms with E-state index in [2.05, 4.69) is 9.88 Å². The summed E-state index contributed by atoms with van der Waals surface area (Å²) < 4.78 is 4.91. The first kappa shape index (κ1) is 13.2. The fourth-order valence-corrected chi connectivity index (χ4v) is 2.42. The summed E-state index contributed by atoms with van der Waals surface area (Å²) in [5, 5.41) is 0. The van der Waals surface area contributed by atoms with E-state index >= 15 is 0 Å². The number of Topliss-reactive ketones (excluding diaryl/α,β-unsaturated/α-hetero) is 1. The molecule has 1 aromatic heterocycles. The molecular weight excluding hydrogens is 228 g/mol. The number of ketones is 1. The van der Waals surface area contributed by atoms with Gasteiger partial charge in [-0.05, 0) is 43.6 Å². The van der Waals surface area contributed by atoms with Gasteiger partial charge in [-0.15, -0.1) is 0 Å². The van der Waals surface area contributed by atoms with Crippen molar-refractivity contribution in [1.29, 1.82) is 0 Å². The molecule has 1 fully saturated rings. The number of nitrogens with zero attached hydrogens (tertiary/aromatic N) is 2. The first-order chi connectivity index (χ1) is 8.79. The van der Waals surface area contributed by atoms with Gasteiger partial charge in [0, 0.05) is 32.0 Å². The van der Waals surface area contributed by atoms with E-state index in [1.807, 2.05) is 24.5 Å². The van der Waals surface area contributed by atoms with Gasteiger partial charge in [0.1, 0.15) is 6.61 Å². The summed E-state index contributed by atoms with van der Waals surface area (Å²) in [6.07, 6.45) is 5.55. The number of ether oxygens (including phenoxy) is 1. The van der Waals surface area contributed by atoms with Crippen molar-refractivity contribution in [3.05, 3.63) is 30.1 Å². The van der Waals surface area contributed by atoms with Crippen LogP contribution in [0.15, 0.2) is 24.5 Å². The molecule has 2 heterocycles. The Bertz CT molecular complexity index is 373. The molecule has 18 heavy (non-hydrogen) atoms. The molecule has 1 saturated heterocycles. The lowest BCUT2D eigenvalue weighted by molar-refractivity contribution is -0.128. The average Bonchev–Trinajstić information content (AvgIpc) is 2.41. The number of carbonyl (C=O) groups is 1. The third-order valence-electron chi connectivity index (χ3n) is 3.49. The third-order valence-corrected chi connectivity index (χ3v) is 3.49. The number of pyridine rings is 1. The lowest BCUT2D eigenvalue weighted by atomic mass is 9.92. The van der Waals surface area contributed by atoms with E-state index in [9.17, 15) is 4.79 Å². The summed E-state index contributed by atoms with van der Waals surface area (Å²) >= 11 is 0. The van der Waals surface area contributed by atoms with Gasteiger partial charge in [0.25, 0.3) is 0 Å². The predicted octanol–water partition coefficient (Wildman–Crippen LogP) is 1.51. The molecule has 4 nitrogen and oxygen atoms in total. The molecule has 0 radical (unpaired) electrons. The normalized spacial score (nSPS) is 17.8. The largest absolute Gasteiger partial charge is 0.377 e. The smallest absolute Gasteiger partial charge is 0.161 e. The number of aromatic nitrogens is 1. The van der Waals surface area contributed by atoms with Crippen molar-refractivity contribution in [3.63, 3.8) is 0 Å². The summed E-state index contributed by atoms with van der Waals surface area (Å²) in [6, 6.07) is 4.09. The van der Waals surface area contributed by atoms with Gasteiger partial charge in [0.05, 0.1) is 0 Å². The topological polar surface area (TPSA) is 42.4 Å². The molecule has 0 amide bonds. The highest BCUT2D eigenvalue weighted by molar-refractivity contribution is 5.82. The van der Waals surface area contributed by atoms with Crippen molar-refractivity contribution >= 4 is 5.78 Å². The van der Waals surface area contributed by atoms with Crippen LogP contribution in [0.1, 0.15) is 18.4 Å². The monoisotopic (exact) mass is 248 g/mol. The second-order valence-corrected chi connectivity index (χ2v) is 4.81. The molecule has 0 bridgehead atoms. The Labute approximate surface area is 108 Å². The second kappa shape index (κ2) is 6.61. The quantitative estimate of drug-likeness (QED) is 0.792. The van der Waals surface area contributed by atoms with Crippen LogP contribution in [-0.4, -0.2) is 42.5 Å². The molecule has 0 N–H and O–H groups in total. The van der Waals surface area contributed by atoms with Gasteiger partial charge < -0.3 is 4.74 Å². The van der Waals surface area contributed by atoms with Crippen LogP contribution in [-0.2, 0) is 16.1 Å². The van der Waals surface area contributed by atoms with Gasteiger partial charge >= 0.3 is 0 Å². The van der Waals surface area contributed by atoms with E-state index in [0.717, 1.165) is 32.5 Å². The van der Waals surface area contributed by atoms with Crippen LogP contribution in [0.3, 0.4) is 0 Å². The number of hydrogen-bond acceptors (Lipinski definition) is 4. The number of rotatable bonds is 5. The number of methoxy groups -OCH3 is 1. The SMILES string of the molecule is COCC(=O)C1CCN(Cc2ccncc2)CC1. The zero-order chi connectivity index (χ0) is 12.8. The van der Waals surface area contributed by atoms with Gasteiger partial charge in [0.15, 0.2) is 5.78 Å². The minimum Gasteiger partial charge on any atom is -0.377 e. The maximum atomic E-state index is 11.7. The van der Waals surface area contributed by atoms with Crippen molar-refractivity contribution in [3.8, 4) is 0 Å². The molecule has 0 saturated carbocycles. The van der Waals surface area contributed by atoms with Crippen LogP contribution in [0, 0.1) is 5.92 Å². The van der Waals surface area contributed by atoms with Crippen molar-refractivity contribution in [2.24, 2.45) is 5.92 Å². The van der Waals surface area contributed by atoms with Gasteiger partial charge in [-0.2, -0.15) is 0 Å². The number of piperidine rings is 1. The highest BCUT2D eigenvalue weighted by Gasteiger charge is 2.24. The fraction of sp³-hybridized carbons (Fsp3) is 0.571. The lowest BCUT2D eigenvalue weighted by Gasteiger charge is -2.31. The fourth-order valence-electron chi connectivity index (χ4n) is 2.42. The van der Waals surface area contributed by atoms with Crippen molar-refractivity contribution in [1.82, 2.24) is 9.88 Å². The molecule has 1 aromatic rings. The first-order valence-corrected chi connectivity index (χ1v) is 6.42. The predicted molar refractivity (Wildman–Crippen MR) is 69.1 cm³/mol. The van der Waals surface area contributed by atoms with Gasteiger partial charge in [-0.25, -0.2) is 0 Å². The molecule has 0 unspecified atom stereocenters. The first-order valence-electron chi connectivity index (χ1n) is 6.42. The maximum Gasteiger partial charge on any atom is 0.161 e. The molecule has 0 aliphatic carbocycles. The summed E-state index contributed by atoms with van der Waals surface area (Å²) in [6.45, 7) is 3.19. The molecule has 0 aromatic carbocycles. The molecule has 0 spiro atoms. The summed E-state index contributed by atoms with van der Waals surface area (Å²) in [5.41, 5.74) is 1.28. The Balaban J connectivity index is 1.78. The zero-order valence-electron chi connectivity index (χ0n) is 10.8. The third kappa shape index (κ3) is 3.62. The molecule has 4 heteroatoms. The minimum absolute atomic E-state index is 0.193. The molecule has 1 aliphatic rings. The van der Waals surface area contributed by atoms with Gasteiger partial charge in [-0.1, -0.05) is 0 Å². The number of carbonyl (C=O) groups excluding carboxylic acids is 1. The Hall–Kier alpha value is -1.26. The van der Waals surface area contributed by atoms with E-state index in [4.69, 9.17) is 4.74 Å². The highest BCUT2D eigenvalue weighted by Crippen LogP contribution is 2.19. The maximum absolute atomic E-state index is 11.7. The second-order valence-electron chi connectivity index (χ2n) is 4.81.